The quantitative estimate of drug-likeness (QED) is 0.868. The molecule has 0 saturated carbocycles. The molecule has 1 atom stereocenters. The first-order chi connectivity index (χ1) is 9.54. The van der Waals surface area contributed by atoms with Gasteiger partial charge >= 0.3 is 0 Å². The third kappa shape index (κ3) is 4.43. The second-order valence-electron chi connectivity index (χ2n) is 4.52. The number of nitrogens with two attached hydrogens (primary N) is 1. The number of hydrogen-bond acceptors (Lipinski definition) is 4. The minimum Gasteiger partial charge on any atom is -0.492 e. The molecule has 0 unspecified atom stereocenters. The highest BCUT2D eigenvalue weighted by atomic mass is 79.9. The standard InChI is InChI=1S/C13H16BrFN2O3/c14-9-5-10(15)7-11(6-9)19-3-1-17-2-4-20-12(8-17)13(16)18/h5-7,12H,1-4,8H2,(H2,16,18)/t12-/m0/s1. The number of carbonyl (C=O) groups excluding carboxylic acids is 1. The van der Waals surface area contributed by atoms with Crippen LogP contribution in [-0.2, 0) is 9.53 Å². The Morgan fingerprint density at radius 2 is 2.35 bits per heavy atom. The van der Waals surface area contributed by atoms with Crippen molar-refractivity contribution >= 4 is 21.8 Å². The van der Waals surface area contributed by atoms with Crippen LogP contribution in [0.3, 0.4) is 0 Å². The fourth-order valence-electron chi connectivity index (χ4n) is 1.98. The second-order valence-corrected chi connectivity index (χ2v) is 5.43. The summed E-state index contributed by atoms with van der Waals surface area (Å²) in [6.07, 6.45) is -0.563. The first-order valence-electron chi connectivity index (χ1n) is 6.27. The van der Waals surface area contributed by atoms with Gasteiger partial charge in [-0.1, -0.05) is 15.9 Å². The zero-order valence-electron chi connectivity index (χ0n) is 10.9. The van der Waals surface area contributed by atoms with E-state index in [0.717, 1.165) is 6.54 Å². The Kier molecular flexibility index (Phi) is 5.33. The lowest BCUT2D eigenvalue weighted by Crippen LogP contribution is -2.49. The minimum atomic E-state index is -0.563. The van der Waals surface area contributed by atoms with Gasteiger partial charge in [0.1, 0.15) is 24.3 Å². The molecule has 7 heteroatoms. The minimum absolute atomic E-state index is 0.352. The molecular weight excluding hydrogens is 331 g/mol. The molecule has 0 aromatic heterocycles. The van der Waals surface area contributed by atoms with Crippen LogP contribution in [0.15, 0.2) is 22.7 Å². The van der Waals surface area contributed by atoms with Crippen molar-refractivity contribution in [3.8, 4) is 5.75 Å². The zero-order chi connectivity index (χ0) is 14.5. The van der Waals surface area contributed by atoms with Gasteiger partial charge in [-0.25, -0.2) is 4.39 Å². The van der Waals surface area contributed by atoms with E-state index in [1.165, 1.54) is 12.1 Å². The maximum atomic E-state index is 13.2. The van der Waals surface area contributed by atoms with Gasteiger partial charge in [-0.2, -0.15) is 0 Å². The maximum absolute atomic E-state index is 13.2. The largest absolute Gasteiger partial charge is 0.492 e. The van der Waals surface area contributed by atoms with E-state index in [2.05, 4.69) is 15.9 Å². The van der Waals surface area contributed by atoms with Gasteiger partial charge in [-0.15, -0.1) is 0 Å². The summed E-state index contributed by atoms with van der Waals surface area (Å²) in [5.74, 6) is -0.337. The van der Waals surface area contributed by atoms with Crippen molar-refractivity contribution in [2.75, 3.05) is 32.8 Å². The summed E-state index contributed by atoms with van der Waals surface area (Å²) in [5, 5.41) is 0. The van der Waals surface area contributed by atoms with E-state index in [1.807, 2.05) is 4.90 Å². The number of halogens is 2. The summed E-state index contributed by atoms with van der Waals surface area (Å²) in [7, 11) is 0. The first kappa shape index (κ1) is 15.2. The molecule has 1 aromatic carbocycles. The van der Waals surface area contributed by atoms with Crippen LogP contribution in [0.2, 0.25) is 0 Å². The van der Waals surface area contributed by atoms with Gasteiger partial charge in [-0.05, 0) is 12.1 Å². The molecule has 0 bridgehead atoms. The molecule has 0 spiro atoms. The van der Waals surface area contributed by atoms with E-state index in [1.54, 1.807) is 6.07 Å². The van der Waals surface area contributed by atoms with Crippen LogP contribution in [0.4, 0.5) is 4.39 Å². The molecule has 2 N–H and O–H groups in total. The molecular formula is C13H16BrFN2O3. The average Bonchev–Trinajstić information content (AvgIpc) is 2.38. The molecule has 20 heavy (non-hydrogen) atoms. The van der Waals surface area contributed by atoms with Gasteiger partial charge < -0.3 is 15.2 Å². The summed E-state index contributed by atoms with van der Waals surface area (Å²) in [6, 6.07) is 4.40. The van der Waals surface area contributed by atoms with Crippen LogP contribution < -0.4 is 10.5 Å². The van der Waals surface area contributed by atoms with Crippen molar-refractivity contribution in [1.82, 2.24) is 4.90 Å². The molecule has 1 amide bonds. The van der Waals surface area contributed by atoms with Crippen molar-refractivity contribution in [3.05, 3.63) is 28.5 Å². The van der Waals surface area contributed by atoms with Crippen molar-refractivity contribution in [2.24, 2.45) is 5.73 Å². The lowest BCUT2D eigenvalue weighted by atomic mass is 10.2. The number of carbonyl (C=O) groups is 1. The molecule has 0 radical (unpaired) electrons. The third-order valence-corrected chi connectivity index (χ3v) is 3.44. The molecule has 1 saturated heterocycles. The Bertz CT molecular complexity index is 466. The van der Waals surface area contributed by atoms with Gasteiger partial charge in [-0.3, -0.25) is 9.69 Å². The van der Waals surface area contributed by atoms with Gasteiger partial charge in [0.05, 0.1) is 6.61 Å². The van der Waals surface area contributed by atoms with Gasteiger partial charge in [0.15, 0.2) is 0 Å². The number of primary amides is 1. The molecule has 1 aromatic rings. The van der Waals surface area contributed by atoms with Crippen LogP contribution >= 0.6 is 15.9 Å². The highest BCUT2D eigenvalue weighted by molar-refractivity contribution is 9.10. The predicted octanol–water partition coefficient (Wildman–Crippen LogP) is 1.15. The van der Waals surface area contributed by atoms with Crippen LogP contribution in [0.25, 0.3) is 0 Å². The molecule has 1 fully saturated rings. The molecule has 2 rings (SSSR count). The Morgan fingerprint density at radius 1 is 1.55 bits per heavy atom. The van der Waals surface area contributed by atoms with Crippen molar-refractivity contribution in [2.45, 2.75) is 6.10 Å². The molecule has 110 valence electrons. The van der Waals surface area contributed by atoms with E-state index in [9.17, 15) is 9.18 Å². The Hall–Kier alpha value is -1.18. The van der Waals surface area contributed by atoms with Crippen LogP contribution in [0.1, 0.15) is 0 Å². The van der Waals surface area contributed by atoms with E-state index >= 15 is 0 Å². The van der Waals surface area contributed by atoms with E-state index in [0.29, 0.717) is 36.5 Å². The number of amides is 1. The highest BCUT2D eigenvalue weighted by Gasteiger charge is 2.24. The number of hydrogen-bond donors (Lipinski definition) is 1. The third-order valence-electron chi connectivity index (χ3n) is 2.98. The fourth-order valence-corrected chi connectivity index (χ4v) is 2.43. The molecule has 5 nitrogen and oxygen atoms in total. The number of ether oxygens (including phenoxy) is 2. The van der Waals surface area contributed by atoms with E-state index in [-0.39, 0.29) is 5.82 Å². The summed E-state index contributed by atoms with van der Waals surface area (Å²) in [5.41, 5.74) is 5.21. The Morgan fingerprint density at radius 3 is 3.05 bits per heavy atom. The monoisotopic (exact) mass is 346 g/mol. The predicted molar refractivity (Wildman–Crippen MR) is 75.0 cm³/mol. The number of rotatable bonds is 5. The Balaban J connectivity index is 1.79. The van der Waals surface area contributed by atoms with Crippen LogP contribution in [0, 0.1) is 5.82 Å². The molecule has 1 aliphatic rings. The van der Waals surface area contributed by atoms with Gasteiger partial charge in [0, 0.05) is 30.2 Å². The summed E-state index contributed by atoms with van der Waals surface area (Å²) >= 11 is 3.21. The van der Waals surface area contributed by atoms with Crippen molar-refractivity contribution < 1.29 is 18.7 Å². The smallest absolute Gasteiger partial charge is 0.247 e. The summed E-state index contributed by atoms with van der Waals surface area (Å²) in [4.78, 5) is 13.1. The fraction of sp³-hybridized carbons (Fsp3) is 0.462. The van der Waals surface area contributed by atoms with Crippen molar-refractivity contribution in [1.29, 1.82) is 0 Å². The summed E-state index contributed by atoms with van der Waals surface area (Å²) in [6.45, 7) is 2.69. The van der Waals surface area contributed by atoms with Crippen molar-refractivity contribution in [3.63, 3.8) is 0 Å². The lowest BCUT2D eigenvalue weighted by Gasteiger charge is -2.31. The van der Waals surface area contributed by atoms with Crippen LogP contribution in [0.5, 0.6) is 5.75 Å². The number of nitrogens with zero attached hydrogens (tertiary/aromatic N) is 1. The topological polar surface area (TPSA) is 64.8 Å². The molecule has 1 heterocycles. The average molecular weight is 347 g/mol. The van der Waals surface area contributed by atoms with Crippen LogP contribution in [-0.4, -0.2) is 49.8 Å². The maximum Gasteiger partial charge on any atom is 0.247 e. The number of morpholine rings is 1. The van der Waals surface area contributed by atoms with Gasteiger partial charge in [0.2, 0.25) is 5.91 Å². The molecule has 0 aliphatic carbocycles. The van der Waals surface area contributed by atoms with Gasteiger partial charge in [0.25, 0.3) is 0 Å². The van der Waals surface area contributed by atoms with E-state index < -0.39 is 12.0 Å². The lowest BCUT2D eigenvalue weighted by molar-refractivity contribution is -0.135. The summed E-state index contributed by atoms with van der Waals surface area (Å²) < 4.78 is 24.5. The number of benzene rings is 1. The highest BCUT2D eigenvalue weighted by Crippen LogP contribution is 2.20. The van der Waals surface area contributed by atoms with E-state index in [4.69, 9.17) is 15.2 Å². The second kappa shape index (κ2) is 7.01. The molecule has 1 aliphatic heterocycles. The Labute approximate surface area is 125 Å². The first-order valence-corrected chi connectivity index (χ1v) is 7.06. The normalized spacial score (nSPS) is 19.8. The SMILES string of the molecule is NC(=O)[C@@H]1CN(CCOc2cc(F)cc(Br)c2)CCO1. The zero-order valence-corrected chi connectivity index (χ0v) is 12.4.